The Morgan fingerprint density at radius 2 is 1.94 bits per heavy atom. The first-order chi connectivity index (χ1) is 16.1. The standard InChI is InChI=1S/C20H19N8O2.C3H6.Rb/c21-18(29)17-9-13(11-30-17)16-10-23-19(20-24-12-25-28(16)20)26-14-1-3-15(4-2-14)27-7-5-22-6-8-27;1-3-2;/h1-4,9-12H,5-8H2,(H2,21,29)(H,23,26);3H,1H2,2H3;/q-1;;+1. The van der Waals surface area contributed by atoms with Crippen molar-refractivity contribution in [1.29, 1.82) is 0 Å². The maximum absolute atomic E-state index is 11.3. The van der Waals surface area contributed by atoms with Gasteiger partial charge in [0.1, 0.15) is 12.6 Å². The minimum Gasteiger partial charge on any atom is -0.659 e. The van der Waals surface area contributed by atoms with Gasteiger partial charge in [0.25, 0.3) is 5.91 Å². The van der Waals surface area contributed by atoms with E-state index in [1.807, 2.05) is 19.1 Å². The predicted octanol–water partition coefficient (Wildman–Crippen LogP) is 0.617. The Morgan fingerprint density at radius 1 is 1.24 bits per heavy atom. The van der Waals surface area contributed by atoms with Gasteiger partial charge >= 0.3 is 58.2 Å². The van der Waals surface area contributed by atoms with Crippen molar-refractivity contribution in [3.05, 3.63) is 72.9 Å². The molecule has 0 saturated carbocycles. The van der Waals surface area contributed by atoms with Crippen LogP contribution >= 0.6 is 0 Å². The van der Waals surface area contributed by atoms with Crippen molar-refractivity contribution in [3.63, 3.8) is 0 Å². The topological polar surface area (TPSA) is 129 Å². The molecule has 1 fully saturated rings. The van der Waals surface area contributed by atoms with Gasteiger partial charge in [-0.1, -0.05) is 6.08 Å². The first kappa shape index (κ1) is 26.2. The molecule has 1 aliphatic rings. The van der Waals surface area contributed by atoms with Gasteiger partial charge in [-0.2, -0.15) is 5.10 Å². The largest absolute Gasteiger partial charge is 1.00 e. The number of allylic oxidation sites excluding steroid dienone is 1. The molecule has 1 aliphatic heterocycles. The fraction of sp³-hybridized carbons (Fsp3) is 0.217. The van der Waals surface area contributed by atoms with Crippen molar-refractivity contribution in [2.24, 2.45) is 5.73 Å². The molecule has 3 aromatic heterocycles. The molecule has 0 unspecified atom stereocenters. The van der Waals surface area contributed by atoms with Gasteiger partial charge in [0.05, 0.1) is 11.9 Å². The number of piperazine rings is 1. The van der Waals surface area contributed by atoms with Crippen LogP contribution in [0.15, 0.2) is 66.2 Å². The van der Waals surface area contributed by atoms with Gasteiger partial charge in [0.2, 0.25) is 0 Å². The van der Waals surface area contributed by atoms with E-state index in [0.29, 0.717) is 22.7 Å². The van der Waals surface area contributed by atoms with E-state index in [1.54, 1.807) is 22.9 Å². The second-order valence-electron chi connectivity index (χ2n) is 7.29. The maximum Gasteiger partial charge on any atom is 1.00 e. The van der Waals surface area contributed by atoms with E-state index in [0.717, 1.165) is 31.9 Å². The Hall–Kier alpha value is -2.37. The summed E-state index contributed by atoms with van der Waals surface area (Å²) in [6.07, 6.45) is 6.29. The molecular formula is C23H25N8O2Rb. The Kier molecular flexibility index (Phi) is 9.54. The van der Waals surface area contributed by atoms with Gasteiger partial charge in [-0.25, -0.2) is 14.5 Å². The van der Waals surface area contributed by atoms with Gasteiger partial charge in [-0.3, -0.25) is 4.79 Å². The van der Waals surface area contributed by atoms with Crippen molar-refractivity contribution in [2.75, 3.05) is 36.4 Å². The zero-order valence-electron chi connectivity index (χ0n) is 19.3. The number of amides is 1. The number of rotatable bonds is 5. The van der Waals surface area contributed by atoms with Crippen LogP contribution in [0, 0.1) is 0 Å². The summed E-state index contributed by atoms with van der Waals surface area (Å²) in [7, 11) is 0. The summed E-state index contributed by atoms with van der Waals surface area (Å²) in [5, 5.41) is 12.0. The van der Waals surface area contributed by atoms with E-state index in [1.165, 1.54) is 18.3 Å². The van der Waals surface area contributed by atoms with Crippen molar-refractivity contribution in [3.8, 4) is 11.3 Å². The molecule has 4 heterocycles. The maximum atomic E-state index is 11.3. The van der Waals surface area contributed by atoms with Gasteiger partial charge < -0.3 is 25.7 Å². The molecular weight excluding hydrogens is 506 g/mol. The number of primary amides is 1. The number of nitrogens with one attached hydrogen (secondary N) is 1. The molecule has 0 spiro atoms. The minimum atomic E-state index is -0.635. The molecule has 0 aliphatic carbocycles. The molecule has 11 heteroatoms. The summed E-state index contributed by atoms with van der Waals surface area (Å²) in [5.74, 6) is 0.00653. The number of aromatic nitrogens is 4. The Balaban J connectivity index is 0.000000771. The van der Waals surface area contributed by atoms with Crippen LogP contribution in [0.5, 0.6) is 0 Å². The quantitative estimate of drug-likeness (QED) is 0.362. The van der Waals surface area contributed by atoms with E-state index in [4.69, 9.17) is 10.2 Å². The summed E-state index contributed by atoms with van der Waals surface area (Å²) in [6.45, 7) is 8.89. The van der Waals surface area contributed by atoms with Crippen molar-refractivity contribution in [2.45, 2.75) is 6.92 Å². The molecule has 170 valence electrons. The van der Waals surface area contributed by atoms with Gasteiger partial charge in [-0.05, 0) is 50.3 Å². The summed E-state index contributed by atoms with van der Waals surface area (Å²) < 4.78 is 6.84. The number of anilines is 3. The van der Waals surface area contributed by atoms with Crippen molar-refractivity contribution >= 4 is 28.7 Å². The van der Waals surface area contributed by atoms with E-state index in [2.05, 4.69) is 49.3 Å². The van der Waals surface area contributed by atoms with Gasteiger partial charge in [0.15, 0.2) is 17.2 Å². The zero-order valence-corrected chi connectivity index (χ0v) is 24.2. The van der Waals surface area contributed by atoms with Crippen LogP contribution in [-0.4, -0.2) is 51.7 Å². The average Bonchev–Trinajstić information content (AvgIpc) is 3.52. The van der Waals surface area contributed by atoms with Crippen LogP contribution in [0.2, 0.25) is 0 Å². The number of nitrogens with zero attached hydrogens (tertiary/aromatic N) is 6. The number of hydrogen-bond acceptors (Lipinski definition) is 7. The number of nitrogens with two attached hydrogens (primary N) is 1. The third-order valence-corrected chi connectivity index (χ3v) is 4.99. The number of hydrogen-bond donors (Lipinski definition) is 2. The van der Waals surface area contributed by atoms with E-state index >= 15 is 0 Å². The Bertz CT molecular complexity index is 1250. The third-order valence-electron chi connectivity index (χ3n) is 4.99. The van der Waals surface area contributed by atoms with E-state index < -0.39 is 5.91 Å². The fourth-order valence-electron chi connectivity index (χ4n) is 3.46. The third kappa shape index (κ3) is 6.00. The summed E-state index contributed by atoms with van der Waals surface area (Å²) >= 11 is 0. The van der Waals surface area contributed by atoms with Crippen molar-refractivity contribution in [1.82, 2.24) is 19.6 Å². The molecule has 34 heavy (non-hydrogen) atoms. The number of carbonyl (C=O) groups is 1. The number of benzene rings is 1. The molecule has 0 bridgehead atoms. The number of furan rings is 1. The summed E-state index contributed by atoms with van der Waals surface area (Å²) in [5.41, 5.74) is 9.16. The molecule has 4 aromatic rings. The monoisotopic (exact) mass is 530 g/mol. The first-order valence-corrected chi connectivity index (χ1v) is 10.5. The van der Waals surface area contributed by atoms with Crippen LogP contribution in [0.25, 0.3) is 22.2 Å². The average molecular weight is 531 g/mol. The molecule has 3 N–H and O–H groups in total. The molecule has 5 rings (SSSR count). The normalized spacial score (nSPS) is 12.9. The smallest absolute Gasteiger partial charge is 0.659 e. The van der Waals surface area contributed by atoms with E-state index in [-0.39, 0.29) is 63.9 Å². The molecule has 10 nitrogen and oxygen atoms in total. The van der Waals surface area contributed by atoms with Crippen LogP contribution in [0.1, 0.15) is 17.5 Å². The molecule has 1 saturated heterocycles. The van der Waals surface area contributed by atoms with Crippen LogP contribution in [0.4, 0.5) is 17.2 Å². The number of carbonyl (C=O) groups excluding carboxylic acids is 1. The van der Waals surface area contributed by atoms with Crippen LogP contribution < -0.4 is 74.1 Å². The van der Waals surface area contributed by atoms with Gasteiger partial charge in [0, 0.05) is 16.9 Å². The Labute approximate surface area is 246 Å². The molecule has 1 aromatic carbocycles. The second kappa shape index (κ2) is 12.4. The first-order valence-electron chi connectivity index (χ1n) is 10.5. The van der Waals surface area contributed by atoms with Gasteiger partial charge in [-0.15, -0.1) is 19.7 Å². The second-order valence-corrected chi connectivity index (χ2v) is 7.29. The molecule has 0 radical (unpaired) electrons. The summed E-state index contributed by atoms with van der Waals surface area (Å²) in [4.78, 5) is 22.4. The van der Waals surface area contributed by atoms with E-state index in [9.17, 15) is 4.79 Å². The molecule has 1 amide bonds. The minimum absolute atomic E-state index is 0. The molecule has 0 atom stereocenters. The number of fused-ring (bicyclic) bond motifs is 1. The van der Waals surface area contributed by atoms with Crippen LogP contribution in [0.3, 0.4) is 0 Å². The Morgan fingerprint density at radius 3 is 2.59 bits per heavy atom. The fourth-order valence-corrected chi connectivity index (χ4v) is 3.46. The van der Waals surface area contributed by atoms with Crippen molar-refractivity contribution < 1.29 is 67.4 Å². The predicted molar refractivity (Wildman–Crippen MR) is 128 cm³/mol. The summed E-state index contributed by atoms with van der Waals surface area (Å²) in [6, 6.07) is 9.75. The SMILES string of the molecule is C=CC.NC(=O)c1cc(-c2cnc(Nc3ccc(N4CC[N-]CC4)cc3)c3ncnn23)co1.[Rb+]. The van der Waals surface area contributed by atoms with Crippen LogP contribution in [-0.2, 0) is 0 Å². The zero-order chi connectivity index (χ0) is 23.2.